The Morgan fingerprint density at radius 2 is 1.89 bits per heavy atom. The highest BCUT2D eigenvalue weighted by molar-refractivity contribution is 5.76. The number of hydrogen-bond acceptors (Lipinski definition) is 8. The first-order valence-electron chi connectivity index (χ1n) is 12.1. The lowest BCUT2D eigenvalue weighted by Gasteiger charge is -2.44. The maximum atomic E-state index is 12.9. The van der Waals surface area contributed by atoms with E-state index >= 15 is 0 Å². The molecule has 0 bridgehead atoms. The molecular weight excluding hydrogens is 475 g/mol. The number of aromatic nitrogens is 2. The topological polar surface area (TPSA) is 117 Å². The van der Waals surface area contributed by atoms with Crippen molar-refractivity contribution in [2.75, 3.05) is 41.8 Å². The Kier molecular flexibility index (Phi) is 6.97. The first-order chi connectivity index (χ1) is 16.8. The summed E-state index contributed by atoms with van der Waals surface area (Å²) >= 11 is 0. The first kappa shape index (κ1) is 26.2. The van der Waals surface area contributed by atoms with Gasteiger partial charge >= 0.3 is 11.9 Å². The number of benzene rings is 1. The number of hydrazine groups is 1. The number of nitrogen functional groups attached to an aromatic ring is 1. The molecule has 2 fully saturated rings. The van der Waals surface area contributed by atoms with E-state index in [9.17, 15) is 23.1 Å². The van der Waals surface area contributed by atoms with Gasteiger partial charge in [-0.2, -0.15) is 18.2 Å². The van der Waals surface area contributed by atoms with E-state index in [1.54, 1.807) is 7.05 Å². The molecule has 0 spiro atoms. The average molecular weight is 510 g/mol. The molecule has 12 heteroatoms. The van der Waals surface area contributed by atoms with Crippen molar-refractivity contribution >= 4 is 17.3 Å². The van der Waals surface area contributed by atoms with Gasteiger partial charge in [-0.25, -0.2) is 10.6 Å². The number of aliphatic hydroxyl groups is 1. The Morgan fingerprint density at radius 3 is 2.42 bits per heavy atom. The SMILES string of the molecule is CC(c1ccc(C(F)(F)F)cc1)N1CCN(c2nc(=O)n(C)c(N(N)CC3(O)CCC3)c2N)C(C)C1. The second-order valence-electron chi connectivity index (χ2n) is 10.1. The zero-order valence-electron chi connectivity index (χ0n) is 20.8. The van der Waals surface area contributed by atoms with Gasteiger partial charge in [-0.1, -0.05) is 12.1 Å². The minimum Gasteiger partial charge on any atom is -0.393 e. The maximum absolute atomic E-state index is 12.9. The molecule has 0 radical (unpaired) electrons. The van der Waals surface area contributed by atoms with E-state index in [0.29, 0.717) is 44.1 Å². The molecule has 2 aromatic rings. The number of alkyl halides is 3. The molecule has 198 valence electrons. The van der Waals surface area contributed by atoms with Crippen LogP contribution in [0.2, 0.25) is 0 Å². The minimum absolute atomic E-state index is 0.0764. The van der Waals surface area contributed by atoms with Crippen molar-refractivity contribution in [2.45, 2.75) is 57.0 Å². The van der Waals surface area contributed by atoms with E-state index in [0.717, 1.165) is 24.1 Å². The van der Waals surface area contributed by atoms with Gasteiger partial charge < -0.3 is 15.7 Å². The molecule has 1 aliphatic carbocycles. The fourth-order valence-corrected chi connectivity index (χ4v) is 5.11. The fraction of sp³-hybridized carbons (Fsp3) is 0.583. The lowest BCUT2D eigenvalue weighted by Crippen LogP contribution is -2.54. The highest BCUT2D eigenvalue weighted by atomic mass is 19.4. The molecule has 4 rings (SSSR count). The number of rotatable bonds is 6. The van der Waals surface area contributed by atoms with Crippen LogP contribution in [0.5, 0.6) is 0 Å². The Bertz CT molecular complexity index is 1150. The van der Waals surface area contributed by atoms with Gasteiger partial charge in [0.1, 0.15) is 5.69 Å². The van der Waals surface area contributed by atoms with Crippen molar-refractivity contribution < 1.29 is 18.3 Å². The van der Waals surface area contributed by atoms with E-state index in [2.05, 4.69) is 9.88 Å². The van der Waals surface area contributed by atoms with Crippen LogP contribution in [0.1, 0.15) is 50.3 Å². The summed E-state index contributed by atoms with van der Waals surface area (Å²) in [7, 11) is 1.54. The van der Waals surface area contributed by atoms with E-state index in [1.165, 1.54) is 21.7 Å². The summed E-state index contributed by atoms with van der Waals surface area (Å²) in [6.45, 7) is 5.82. The summed E-state index contributed by atoms with van der Waals surface area (Å²) < 4.78 is 40.0. The lowest BCUT2D eigenvalue weighted by atomic mass is 9.80. The third kappa shape index (κ3) is 5.02. The summed E-state index contributed by atoms with van der Waals surface area (Å²) in [5, 5.41) is 11.9. The fourth-order valence-electron chi connectivity index (χ4n) is 5.11. The van der Waals surface area contributed by atoms with Crippen molar-refractivity contribution in [2.24, 2.45) is 12.9 Å². The van der Waals surface area contributed by atoms with Gasteiger partial charge in [-0.3, -0.25) is 14.5 Å². The second-order valence-corrected chi connectivity index (χ2v) is 10.1. The molecule has 9 nitrogen and oxygen atoms in total. The summed E-state index contributed by atoms with van der Waals surface area (Å²) in [6.07, 6.45) is -2.16. The number of piperazine rings is 1. The Hall–Kier alpha value is -2.83. The molecule has 1 aromatic heterocycles. The predicted molar refractivity (Wildman–Crippen MR) is 132 cm³/mol. The quantitative estimate of drug-likeness (QED) is 0.401. The molecule has 1 aliphatic heterocycles. The molecule has 2 unspecified atom stereocenters. The molecule has 1 aromatic carbocycles. The van der Waals surface area contributed by atoms with Gasteiger partial charge in [0.2, 0.25) is 0 Å². The van der Waals surface area contributed by atoms with Crippen LogP contribution in [-0.2, 0) is 13.2 Å². The van der Waals surface area contributed by atoms with Crippen LogP contribution in [-0.4, -0.2) is 57.4 Å². The molecule has 5 N–H and O–H groups in total. The zero-order chi connectivity index (χ0) is 26.4. The largest absolute Gasteiger partial charge is 0.416 e. The molecule has 2 atom stereocenters. The average Bonchev–Trinajstić information content (AvgIpc) is 2.79. The number of hydrogen-bond donors (Lipinski definition) is 3. The van der Waals surface area contributed by atoms with Gasteiger partial charge in [-0.05, 0) is 50.8 Å². The molecule has 2 aliphatic rings. The van der Waals surface area contributed by atoms with Crippen molar-refractivity contribution in [3.63, 3.8) is 0 Å². The van der Waals surface area contributed by atoms with Crippen LogP contribution >= 0.6 is 0 Å². The molecule has 0 amide bonds. The minimum atomic E-state index is -4.37. The highest BCUT2D eigenvalue weighted by Crippen LogP contribution is 2.36. The Morgan fingerprint density at radius 1 is 1.25 bits per heavy atom. The van der Waals surface area contributed by atoms with Gasteiger partial charge in [-0.15, -0.1) is 0 Å². The highest BCUT2D eigenvalue weighted by Gasteiger charge is 2.38. The first-order valence-corrected chi connectivity index (χ1v) is 12.1. The van der Waals surface area contributed by atoms with Crippen molar-refractivity contribution in [3.8, 4) is 0 Å². The van der Waals surface area contributed by atoms with E-state index in [4.69, 9.17) is 11.6 Å². The summed E-state index contributed by atoms with van der Waals surface area (Å²) in [6, 6.07) is 5.08. The van der Waals surface area contributed by atoms with Crippen molar-refractivity contribution in [3.05, 3.63) is 45.9 Å². The number of nitrogens with zero attached hydrogens (tertiary/aromatic N) is 5. The van der Waals surface area contributed by atoms with Crippen LogP contribution in [0, 0.1) is 0 Å². The van der Waals surface area contributed by atoms with Gasteiger partial charge in [0, 0.05) is 38.8 Å². The second kappa shape index (κ2) is 9.56. The van der Waals surface area contributed by atoms with Crippen LogP contribution in [0.15, 0.2) is 29.1 Å². The third-order valence-electron chi connectivity index (χ3n) is 7.51. The molecule has 36 heavy (non-hydrogen) atoms. The monoisotopic (exact) mass is 509 g/mol. The molecular formula is C24H34F3N7O2. The molecule has 1 saturated heterocycles. The normalized spacial score (nSPS) is 21.2. The number of anilines is 3. The maximum Gasteiger partial charge on any atom is 0.416 e. The Labute approximate surface area is 208 Å². The standard InChI is InChI=1S/C24H34F3N7O2/c1-15-13-32(16(2)17-5-7-18(8-6-17)24(25,26)27)11-12-33(15)20-19(28)21(31(3)22(35)30-20)34(29)14-23(36)9-4-10-23/h5-8,15-16,36H,4,9-14,28-29H2,1-3H3. The number of nitrogens with two attached hydrogens (primary N) is 2. The van der Waals surface area contributed by atoms with Crippen LogP contribution in [0.3, 0.4) is 0 Å². The predicted octanol–water partition coefficient (Wildman–Crippen LogP) is 2.25. The van der Waals surface area contributed by atoms with E-state index in [1.807, 2.05) is 18.7 Å². The molecule has 1 saturated carbocycles. The van der Waals surface area contributed by atoms with Gasteiger partial charge in [0.25, 0.3) is 0 Å². The smallest absolute Gasteiger partial charge is 0.393 e. The van der Waals surface area contributed by atoms with Crippen molar-refractivity contribution in [1.29, 1.82) is 0 Å². The van der Waals surface area contributed by atoms with Crippen molar-refractivity contribution in [1.82, 2.24) is 14.5 Å². The Balaban J connectivity index is 1.52. The summed E-state index contributed by atoms with van der Waals surface area (Å²) in [4.78, 5) is 21.1. The van der Waals surface area contributed by atoms with Crippen LogP contribution < -0.4 is 27.2 Å². The number of halogens is 3. The van der Waals surface area contributed by atoms with Gasteiger partial charge in [0.05, 0.1) is 17.7 Å². The van der Waals surface area contributed by atoms with E-state index in [-0.39, 0.29) is 24.3 Å². The summed E-state index contributed by atoms with van der Waals surface area (Å²) in [5.74, 6) is 6.92. The zero-order valence-corrected chi connectivity index (χ0v) is 20.8. The lowest BCUT2D eigenvalue weighted by molar-refractivity contribution is -0.137. The van der Waals surface area contributed by atoms with E-state index < -0.39 is 23.0 Å². The molecule has 2 heterocycles. The summed E-state index contributed by atoms with van der Waals surface area (Å²) in [5.41, 5.74) is 5.48. The third-order valence-corrected chi connectivity index (χ3v) is 7.51. The van der Waals surface area contributed by atoms with Crippen LogP contribution in [0.25, 0.3) is 0 Å². The van der Waals surface area contributed by atoms with Gasteiger partial charge in [0.15, 0.2) is 11.6 Å². The van der Waals surface area contributed by atoms with Crippen LogP contribution in [0.4, 0.5) is 30.5 Å².